The highest BCUT2D eigenvalue weighted by molar-refractivity contribution is 5.76. The van der Waals surface area contributed by atoms with Crippen molar-refractivity contribution in [3.8, 4) is 11.4 Å². The summed E-state index contributed by atoms with van der Waals surface area (Å²) in [6.07, 6.45) is 4.69. The maximum Gasteiger partial charge on any atom is 0.254 e. The standard InChI is InChI=1S/C16H20N6O2/c1-10-12(2-3-14(23)20-13-6-9-18-22-13)16(24)21-15(19-10)11-4-7-17-8-5-11/h4-5,7-8,13,18,22H,2-3,6,9H2,1H3,(H,20,23)(H,19,21,24). The lowest BCUT2D eigenvalue weighted by Crippen LogP contribution is -2.44. The zero-order chi connectivity index (χ0) is 16.9. The van der Waals surface area contributed by atoms with Gasteiger partial charge < -0.3 is 10.3 Å². The quantitative estimate of drug-likeness (QED) is 0.615. The zero-order valence-corrected chi connectivity index (χ0v) is 13.4. The molecule has 1 aliphatic heterocycles. The Morgan fingerprint density at radius 1 is 1.38 bits per heavy atom. The normalized spacial score (nSPS) is 17.0. The minimum absolute atomic E-state index is 0.0518. The Kier molecular flexibility index (Phi) is 4.97. The van der Waals surface area contributed by atoms with E-state index < -0.39 is 0 Å². The highest BCUT2D eigenvalue weighted by Gasteiger charge is 2.17. The van der Waals surface area contributed by atoms with Gasteiger partial charge in [-0.1, -0.05) is 0 Å². The molecular weight excluding hydrogens is 308 g/mol. The van der Waals surface area contributed by atoms with Crippen molar-refractivity contribution >= 4 is 5.91 Å². The maximum atomic E-state index is 12.3. The predicted molar refractivity (Wildman–Crippen MR) is 88.8 cm³/mol. The topological polar surface area (TPSA) is 112 Å². The van der Waals surface area contributed by atoms with E-state index in [9.17, 15) is 9.59 Å². The molecule has 1 atom stereocenters. The molecule has 126 valence electrons. The van der Waals surface area contributed by atoms with Crippen LogP contribution in [-0.2, 0) is 11.2 Å². The van der Waals surface area contributed by atoms with Gasteiger partial charge in [-0.2, -0.15) is 0 Å². The highest BCUT2D eigenvalue weighted by atomic mass is 16.2. The van der Waals surface area contributed by atoms with Gasteiger partial charge in [0.2, 0.25) is 5.91 Å². The molecular formula is C16H20N6O2. The summed E-state index contributed by atoms with van der Waals surface area (Å²) in [6.45, 7) is 2.61. The van der Waals surface area contributed by atoms with Crippen LogP contribution in [-0.4, -0.2) is 33.6 Å². The number of H-pyrrole nitrogens is 1. The summed E-state index contributed by atoms with van der Waals surface area (Å²) in [5.41, 5.74) is 7.70. The van der Waals surface area contributed by atoms with Crippen molar-refractivity contribution in [1.82, 2.24) is 31.1 Å². The number of rotatable bonds is 5. The largest absolute Gasteiger partial charge is 0.340 e. The lowest BCUT2D eigenvalue weighted by molar-refractivity contribution is -0.121. The first kappa shape index (κ1) is 16.3. The van der Waals surface area contributed by atoms with E-state index in [1.807, 2.05) is 0 Å². The first-order chi connectivity index (χ1) is 11.6. The highest BCUT2D eigenvalue weighted by Crippen LogP contribution is 2.13. The van der Waals surface area contributed by atoms with Crippen LogP contribution in [0.15, 0.2) is 29.3 Å². The third kappa shape index (κ3) is 3.84. The molecule has 1 saturated heterocycles. The number of nitrogens with zero attached hydrogens (tertiary/aromatic N) is 2. The van der Waals surface area contributed by atoms with Crippen LogP contribution in [0.3, 0.4) is 0 Å². The van der Waals surface area contributed by atoms with Crippen LogP contribution in [0, 0.1) is 6.92 Å². The smallest absolute Gasteiger partial charge is 0.254 e. The molecule has 2 aromatic rings. The molecule has 0 bridgehead atoms. The average Bonchev–Trinajstić information content (AvgIpc) is 3.07. The molecule has 1 amide bonds. The molecule has 0 saturated carbocycles. The van der Waals surface area contributed by atoms with Crippen LogP contribution in [0.25, 0.3) is 11.4 Å². The fourth-order valence-electron chi connectivity index (χ4n) is 2.65. The Balaban J connectivity index is 1.68. The average molecular weight is 328 g/mol. The van der Waals surface area contributed by atoms with Gasteiger partial charge in [0, 0.05) is 42.2 Å². The second-order valence-corrected chi connectivity index (χ2v) is 5.69. The molecule has 1 aliphatic rings. The van der Waals surface area contributed by atoms with Crippen molar-refractivity contribution in [2.45, 2.75) is 32.4 Å². The molecule has 24 heavy (non-hydrogen) atoms. The number of carbonyl (C=O) groups is 1. The first-order valence-electron chi connectivity index (χ1n) is 7.91. The molecule has 0 radical (unpaired) electrons. The molecule has 8 nitrogen and oxygen atoms in total. The Morgan fingerprint density at radius 3 is 2.83 bits per heavy atom. The lowest BCUT2D eigenvalue weighted by atomic mass is 10.1. The van der Waals surface area contributed by atoms with Gasteiger partial charge in [-0.15, -0.1) is 0 Å². The molecule has 0 aromatic carbocycles. The molecule has 3 rings (SSSR count). The lowest BCUT2D eigenvalue weighted by Gasteiger charge is -2.12. The van der Waals surface area contributed by atoms with Gasteiger partial charge in [-0.25, -0.2) is 10.4 Å². The van der Waals surface area contributed by atoms with E-state index in [0.29, 0.717) is 23.5 Å². The summed E-state index contributed by atoms with van der Waals surface area (Å²) in [5, 5.41) is 2.87. The van der Waals surface area contributed by atoms with E-state index in [2.05, 4.69) is 31.1 Å². The third-order valence-electron chi connectivity index (χ3n) is 3.95. The van der Waals surface area contributed by atoms with Gasteiger partial charge in [0.1, 0.15) is 5.82 Å². The summed E-state index contributed by atoms with van der Waals surface area (Å²) in [7, 11) is 0. The fourth-order valence-corrected chi connectivity index (χ4v) is 2.65. The molecule has 1 unspecified atom stereocenters. The van der Waals surface area contributed by atoms with Crippen molar-refractivity contribution in [3.63, 3.8) is 0 Å². The van der Waals surface area contributed by atoms with Gasteiger partial charge >= 0.3 is 0 Å². The number of aryl methyl sites for hydroxylation is 1. The number of carbonyl (C=O) groups excluding carboxylic acids is 1. The number of hydrogen-bond acceptors (Lipinski definition) is 6. The number of pyridine rings is 1. The summed E-state index contributed by atoms with van der Waals surface area (Å²) in [6, 6.07) is 3.57. The molecule has 0 aliphatic carbocycles. The van der Waals surface area contributed by atoms with E-state index in [1.165, 1.54) is 0 Å². The van der Waals surface area contributed by atoms with E-state index in [0.717, 1.165) is 18.5 Å². The van der Waals surface area contributed by atoms with Crippen LogP contribution in [0.5, 0.6) is 0 Å². The van der Waals surface area contributed by atoms with Crippen LogP contribution >= 0.6 is 0 Å². The molecule has 1 fully saturated rings. The number of aromatic nitrogens is 3. The Morgan fingerprint density at radius 2 is 2.17 bits per heavy atom. The summed E-state index contributed by atoms with van der Waals surface area (Å²) in [5.74, 6) is 0.419. The minimum atomic E-state index is -0.206. The van der Waals surface area contributed by atoms with Crippen molar-refractivity contribution in [3.05, 3.63) is 46.1 Å². The van der Waals surface area contributed by atoms with Crippen LogP contribution in [0.2, 0.25) is 0 Å². The van der Waals surface area contributed by atoms with Crippen molar-refractivity contribution in [2.75, 3.05) is 6.54 Å². The third-order valence-corrected chi connectivity index (χ3v) is 3.95. The molecule has 8 heteroatoms. The number of aromatic amines is 1. The van der Waals surface area contributed by atoms with Crippen molar-refractivity contribution in [1.29, 1.82) is 0 Å². The van der Waals surface area contributed by atoms with Gasteiger partial charge in [-0.05, 0) is 31.9 Å². The number of amides is 1. The SMILES string of the molecule is Cc1nc(-c2ccncc2)[nH]c(=O)c1CCC(=O)NC1CCNN1. The first-order valence-corrected chi connectivity index (χ1v) is 7.91. The summed E-state index contributed by atoms with van der Waals surface area (Å²) in [4.78, 5) is 35.5. The van der Waals surface area contributed by atoms with Gasteiger partial charge in [-0.3, -0.25) is 20.0 Å². The molecule has 4 N–H and O–H groups in total. The summed E-state index contributed by atoms with van der Waals surface area (Å²) < 4.78 is 0. The minimum Gasteiger partial charge on any atom is -0.340 e. The molecule has 3 heterocycles. The Labute approximate surface area is 139 Å². The monoisotopic (exact) mass is 328 g/mol. The maximum absolute atomic E-state index is 12.3. The predicted octanol–water partition coefficient (Wildman–Crippen LogP) is 0.0131. The Bertz CT molecular complexity index is 768. The molecule has 0 spiro atoms. The van der Waals surface area contributed by atoms with Gasteiger partial charge in [0.15, 0.2) is 0 Å². The zero-order valence-electron chi connectivity index (χ0n) is 13.4. The van der Waals surface area contributed by atoms with Gasteiger partial charge in [0.05, 0.1) is 6.17 Å². The number of hydrogen-bond donors (Lipinski definition) is 4. The Hall–Kier alpha value is -2.58. The second-order valence-electron chi connectivity index (χ2n) is 5.69. The second kappa shape index (κ2) is 7.33. The van der Waals surface area contributed by atoms with Crippen LogP contribution in [0.4, 0.5) is 0 Å². The van der Waals surface area contributed by atoms with E-state index >= 15 is 0 Å². The number of nitrogens with one attached hydrogen (secondary N) is 4. The number of hydrazine groups is 1. The fraction of sp³-hybridized carbons (Fsp3) is 0.375. The van der Waals surface area contributed by atoms with Gasteiger partial charge in [0.25, 0.3) is 5.56 Å². The van der Waals surface area contributed by atoms with Crippen LogP contribution < -0.4 is 21.7 Å². The van der Waals surface area contributed by atoms with Crippen LogP contribution in [0.1, 0.15) is 24.1 Å². The van der Waals surface area contributed by atoms with E-state index in [1.54, 1.807) is 31.5 Å². The van der Waals surface area contributed by atoms with Crippen molar-refractivity contribution < 1.29 is 4.79 Å². The van der Waals surface area contributed by atoms with E-state index in [-0.39, 0.29) is 24.1 Å². The summed E-state index contributed by atoms with van der Waals surface area (Å²) >= 11 is 0. The van der Waals surface area contributed by atoms with E-state index in [4.69, 9.17) is 0 Å². The molecule has 2 aromatic heterocycles. The van der Waals surface area contributed by atoms with Crippen molar-refractivity contribution in [2.24, 2.45) is 0 Å².